The van der Waals surface area contributed by atoms with Gasteiger partial charge in [0.1, 0.15) is 86.6 Å². The van der Waals surface area contributed by atoms with Gasteiger partial charge in [-0.15, -0.1) is 6.58 Å². The smallest absolute Gasteiger partial charge is 0.337 e. The van der Waals surface area contributed by atoms with Crippen LogP contribution in [-0.2, 0) is 59.4 Å². The number of phenolic OH excluding ortho intramolecular Hbond substituents is 3. The second kappa shape index (κ2) is 45.9. The second-order valence-electron chi connectivity index (χ2n) is 30.3. The molecule has 4 heterocycles. The van der Waals surface area contributed by atoms with Crippen LogP contribution in [0.5, 0.6) is 23.0 Å². The highest BCUT2D eigenvalue weighted by Crippen LogP contribution is 2.50. The third-order valence-electron chi connectivity index (χ3n) is 22.0. The number of esters is 8. The van der Waals surface area contributed by atoms with Gasteiger partial charge in [-0.05, 0) is 260 Å². The number of aliphatic hydroxyl groups is 1. The summed E-state index contributed by atoms with van der Waals surface area (Å²) in [6.45, 7) is 17.4. The largest absolute Gasteiger partial charge is 0.508 e. The molecule has 4 aromatic heterocycles. The van der Waals surface area contributed by atoms with Crippen LogP contribution in [-0.4, -0.2) is 138 Å². The summed E-state index contributed by atoms with van der Waals surface area (Å²) < 4.78 is 65.2. The van der Waals surface area contributed by atoms with Gasteiger partial charge in [-0.2, -0.15) is 0 Å². The summed E-state index contributed by atoms with van der Waals surface area (Å²) in [6, 6.07) is 42.6. The number of nitrogens with two attached hydrogens (primary N) is 1. The molecule has 30 nitrogen and oxygen atoms in total. The molecule has 2 unspecified atom stereocenters. The summed E-state index contributed by atoms with van der Waals surface area (Å²) >= 11 is 0. The summed E-state index contributed by atoms with van der Waals surface area (Å²) in [5, 5.41) is 45.9. The minimum absolute atomic E-state index is 0.00209. The number of aldehydes is 1. The minimum Gasteiger partial charge on any atom is -0.508 e. The number of fused-ring (bicyclic) bond motifs is 4. The van der Waals surface area contributed by atoms with Crippen molar-refractivity contribution >= 4 is 97.9 Å². The number of methoxy groups -OCH3 is 8. The van der Waals surface area contributed by atoms with E-state index in [4.69, 9.17) is 53.0 Å². The monoisotopic (exact) mass is 1770 g/mol. The van der Waals surface area contributed by atoms with Crippen molar-refractivity contribution in [2.45, 2.75) is 135 Å². The molecule has 0 aliphatic heterocycles. The van der Waals surface area contributed by atoms with Crippen LogP contribution in [0.4, 0.5) is 0 Å². The van der Waals surface area contributed by atoms with Gasteiger partial charge in [0, 0.05) is 60.5 Å². The summed E-state index contributed by atoms with van der Waals surface area (Å²) in [5.74, 6) is -0.265. The van der Waals surface area contributed by atoms with Crippen LogP contribution >= 0.6 is 0 Å². The first-order chi connectivity index (χ1) is 61.6. The first-order valence-electron chi connectivity index (χ1n) is 40.8. The predicted molar refractivity (Wildman–Crippen MR) is 481 cm³/mol. The molecule has 129 heavy (non-hydrogen) atoms. The SMILES string of the molecule is C/C=C/COc1ccc(C(=O)OC)cc1.C=CC(C)c1cc(C(=O)OC)ccc1O.COC(=O)c1ccc(O)c(C(C)C=O)c1.COC(=O)c1ccc(O)cc1.COC(=O)c1ccc2oc(C3(N)CCC3)c(C)c2c1.COC(=O)c1ccc2oc(C3(N=[N+]=[N-])CCC3)c(C)c2c1.COC(=O)c1ccc2oc(C3(O)CCC3)c(C)c2c1.COC(=O)c1ccc2occ(C)c2c1. The van der Waals surface area contributed by atoms with Crippen LogP contribution in [0.25, 0.3) is 54.3 Å². The lowest BCUT2D eigenvalue weighted by Gasteiger charge is -2.36. The van der Waals surface area contributed by atoms with Crippen molar-refractivity contribution in [1.29, 1.82) is 0 Å². The van der Waals surface area contributed by atoms with Crippen LogP contribution in [0.15, 0.2) is 212 Å². The number of aromatic hydroxyl groups is 3. The van der Waals surface area contributed by atoms with E-state index in [-0.39, 0.29) is 58.6 Å². The second-order valence-corrected chi connectivity index (χ2v) is 30.3. The number of ether oxygens (including phenoxy) is 9. The van der Waals surface area contributed by atoms with E-state index in [2.05, 4.69) is 40.3 Å². The summed E-state index contributed by atoms with van der Waals surface area (Å²) in [6.07, 6.45) is 16.0. The van der Waals surface area contributed by atoms with E-state index in [9.17, 15) is 58.5 Å². The number of nitrogens with zero attached hydrogens (tertiary/aromatic N) is 3. The number of hydrogen-bond acceptors (Lipinski definition) is 28. The maximum Gasteiger partial charge on any atom is 0.337 e. The number of carbonyl (C=O) groups is 9. The zero-order chi connectivity index (χ0) is 94.6. The van der Waals surface area contributed by atoms with E-state index in [1.165, 1.54) is 111 Å². The first kappa shape index (κ1) is 99.7. The molecule has 30 heteroatoms. The van der Waals surface area contributed by atoms with Crippen molar-refractivity contribution in [3.63, 3.8) is 0 Å². The molecule has 0 bridgehead atoms. The molecule has 0 amide bonds. The zero-order valence-electron chi connectivity index (χ0n) is 74.5. The number of furan rings is 4. The van der Waals surface area contributed by atoms with E-state index >= 15 is 0 Å². The number of aryl methyl sites for hydroxylation is 4. The molecule has 0 saturated heterocycles. The Hall–Kier alpha value is -14.7. The Morgan fingerprint density at radius 2 is 0.806 bits per heavy atom. The molecule has 3 fully saturated rings. The number of carbonyl (C=O) groups excluding carboxylic acids is 9. The van der Waals surface area contributed by atoms with Gasteiger partial charge in [0.15, 0.2) is 0 Å². The van der Waals surface area contributed by atoms with Gasteiger partial charge >= 0.3 is 47.8 Å². The maximum atomic E-state index is 11.6. The topological polar surface area (TPSA) is 445 Å². The first-order valence-corrected chi connectivity index (χ1v) is 40.8. The molecule has 8 aromatic carbocycles. The van der Waals surface area contributed by atoms with Gasteiger partial charge in [0.05, 0.1) is 113 Å². The predicted octanol–water partition coefficient (Wildman–Crippen LogP) is 20.1. The lowest BCUT2D eigenvalue weighted by Crippen LogP contribution is -2.43. The summed E-state index contributed by atoms with van der Waals surface area (Å²) in [7, 11) is 10.7. The fourth-order valence-electron chi connectivity index (χ4n) is 13.9. The highest BCUT2D eigenvalue weighted by Gasteiger charge is 2.44. The number of phenols is 3. The Kier molecular flexibility index (Phi) is 35.5. The molecule has 0 spiro atoms. The normalized spacial score (nSPS) is 13.6. The Bertz CT molecular complexity index is 5890. The van der Waals surface area contributed by atoms with Crippen molar-refractivity contribution < 1.29 is 124 Å². The molecule has 678 valence electrons. The Labute approximate surface area is 744 Å². The van der Waals surface area contributed by atoms with Crippen LogP contribution in [0, 0.1) is 27.7 Å². The average molecular weight is 1770 g/mol. The molecule has 3 saturated carbocycles. The van der Waals surface area contributed by atoms with Crippen molar-refractivity contribution in [2.24, 2.45) is 10.8 Å². The van der Waals surface area contributed by atoms with Gasteiger partial charge in [-0.25, -0.2) is 38.4 Å². The van der Waals surface area contributed by atoms with Gasteiger partial charge in [0.25, 0.3) is 0 Å². The Balaban J connectivity index is 0.000000183. The molecular formula is C99H106N4O26. The molecule has 3 aliphatic carbocycles. The third kappa shape index (κ3) is 24.5. The minimum atomic E-state index is -0.825. The highest BCUT2D eigenvalue weighted by atomic mass is 16.6. The standard InChI is InChI=1S/C15H15N3O3.C15H17NO3.C15H16O4.2C12H14O3.C11H12O4.C11H10O3.C8H8O3/c1-9-11-8-10(14(19)20-2)4-5-12(11)21-13(9)15(17-18-16)6-3-7-15;1-9-11-8-10(14(17)18-2)4-5-12(11)19-13(9)15(16)6-3-7-15;1-9-11-8-10(14(16)18-2)4-5-12(11)19-13(9)15(17)6-3-7-15;1-4-8(2)10-7-9(12(14)15-3)5-6-11(10)13;1-3-4-9-15-11-7-5-10(6-8-11)12(13)14-2;1-7(6-12)9-5-8(11(14)15-2)3-4-10(9)13;1-7-6-14-10-4-3-8(5-9(7)10)11(12)13-2;1-11-8(10)6-2-4-7(9)5-3-6/h4-5,8H,3,6-7H2,1-2H3;4-5,8H,3,6-7,16H2,1-2H3;4-5,8,17H,3,6-7H2,1-2H3;4-8,13H,1H2,2-3H3;3-8H,9H2,1-2H3;3-7,13H,1-2H3;3-6H,1-2H3;2-5,9H,1H3/b;;;;4-3+;;;. The molecule has 3 aliphatic rings. The number of azide groups is 1. The number of hydrogen-bond donors (Lipinski definition) is 5. The Morgan fingerprint density at radius 1 is 0.465 bits per heavy atom. The van der Waals surface area contributed by atoms with Crippen molar-refractivity contribution in [2.75, 3.05) is 63.5 Å². The Morgan fingerprint density at radius 3 is 1.17 bits per heavy atom. The van der Waals surface area contributed by atoms with Crippen LogP contribution in [0.1, 0.15) is 224 Å². The maximum absolute atomic E-state index is 11.6. The third-order valence-corrected chi connectivity index (χ3v) is 22.0. The fourth-order valence-corrected chi connectivity index (χ4v) is 13.9. The van der Waals surface area contributed by atoms with Crippen LogP contribution in [0.2, 0.25) is 0 Å². The van der Waals surface area contributed by atoms with Gasteiger partial charge in [-0.3, -0.25) is 0 Å². The van der Waals surface area contributed by atoms with E-state index in [1.54, 1.807) is 116 Å². The average Bonchev–Trinajstić information content (AvgIpc) is 1.62. The number of benzene rings is 8. The van der Waals surface area contributed by atoms with E-state index in [0.29, 0.717) is 91.2 Å². The molecule has 6 N–H and O–H groups in total. The molecular weight excluding hydrogens is 1660 g/mol. The van der Waals surface area contributed by atoms with E-state index in [1.807, 2.05) is 59.8 Å². The van der Waals surface area contributed by atoms with Gasteiger partial charge < -0.3 is 91.3 Å². The number of rotatable bonds is 19. The van der Waals surface area contributed by atoms with E-state index in [0.717, 1.165) is 124 Å². The van der Waals surface area contributed by atoms with Gasteiger partial charge in [-0.1, -0.05) is 43.6 Å². The van der Waals surface area contributed by atoms with Crippen molar-refractivity contribution in [3.05, 3.63) is 294 Å². The van der Waals surface area contributed by atoms with Crippen LogP contribution < -0.4 is 10.5 Å². The lowest BCUT2D eigenvalue weighted by molar-refractivity contribution is -0.108. The zero-order valence-corrected chi connectivity index (χ0v) is 74.5. The molecule has 15 rings (SSSR count). The molecule has 0 radical (unpaired) electrons. The molecule has 2 atom stereocenters. The highest BCUT2D eigenvalue weighted by molar-refractivity contribution is 5.99. The lowest BCUT2D eigenvalue weighted by atomic mass is 9.74. The van der Waals surface area contributed by atoms with Crippen molar-refractivity contribution in [3.8, 4) is 23.0 Å². The van der Waals surface area contributed by atoms with Gasteiger partial charge in [0.2, 0.25) is 0 Å². The van der Waals surface area contributed by atoms with Crippen LogP contribution in [0.3, 0.4) is 0 Å². The fraction of sp³-hybridized carbons (Fsp3) is 0.303. The molecule has 12 aromatic rings. The summed E-state index contributed by atoms with van der Waals surface area (Å²) in [5.41, 5.74) is 25.1. The van der Waals surface area contributed by atoms with Crippen molar-refractivity contribution in [1.82, 2.24) is 0 Å². The van der Waals surface area contributed by atoms with E-state index < -0.39 is 35.0 Å². The quantitative estimate of drug-likeness (QED) is 0.00954. The number of allylic oxidation sites excluding steroid dienone is 2. The summed E-state index contributed by atoms with van der Waals surface area (Å²) in [4.78, 5) is 104.